The first-order valence-electron chi connectivity index (χ1n) is 7.52. The summed E-state index contributed by atoms with van der Waals surface area (Å²) in [7, 11) is -8.12. The third-order valence-corrected chi connectivity index (χ3v) is 6.16. The molecule has 0 radical (unpaired) electrons. The van der Waals surface area contributed by atoms with Gasteiger partial charge in [-0.1, -0.05) is 12.1 Å². The number of halogens is 6. The minimum atomic E-state index is -6.09. The summed E-state index contributed by atoms with van der Waals surface area (Å²) >= 11 is 0. The van der Waals surface area contributed by atoms with Crippen molar-refractivity contribution in [3.63, 3.8) is 0 Å². The molecule has 0 N–H and O–H groups in total. The van der Waals surface area contributed by atoms with Crippen molar-refractivity contribution in [3.05, 3.63) is 64.7 Å². The van der Waals surface area contributed by atoms with Crippen molar-refractivity contribution < 1.29 is 44.2 Å². The van der Waals surface area contributed by atoms with Crippen molar-refractivity contribution in [1.29, 1.82) is 0 Å². The molecule has 0 aliphatic heterocycles. The zero-order valence-corrected chi connectivity index (χ0v) is 15.9. The summed E-state index contributed by atoms with van der Waals surface area (Å²) in [6.45, 7) is 0. The topological polar surface area (TPSA) is 100 Å². The molecular weight excluding hydrogens is 464 g/mol. The lowest BCUT2D eigenvalue weighted by molar-refractivity contribution is -0.384. The first-order chi connectivity index (χ1) is 13.6. The van der Waals surface area contributed by atoms with Gasteiger partial charge in [-0.3, -0.25) is 10.1 Å². The van der Waals surface area contributed by atoms with Crippen molar-refractivity contribution in [2.75, 3.05) is 0 Å². The SMILES string of the molecule is O=S(=O)([O-])C(F)(F)F.O=[N+]([O-])c1ccc(-c2cc3ccccc3[s+]2C(F)(F)F)cc1. The van der Waals surface area contributed by atoms with Gasteiger partial charge in [0.15, 0.2) is 19.7 Å². The fourth-order valence-corrected chi connectivity index (χ4v) is 4.23. The van der Waals surface area contributed by atoms with Crippen LogP contribution in [0.5, 0.6) is 0 Å². The zero-order chi connectivity index (χ0) is 22.9. The number of hydrogen-bond donors (Lipinski definition) is 0. The minimum Gasteiger partial charge on any atom is -0.741 e. The van der Waals surface area contributed by atoms with E-state index in [1.807, 2.05) is 0 Å². The Kier molecular flexibility index (Phi) is 6.44. The molecule has 1 heterocycles. The Balaban J connectivity index is 0.000000343. The van der Waals surface area contributed by atoms with Crippen LogP contribution >= 0.6 is 10.5 Å². The lowest BCUT2D eigenvalue weighted by Crippen LogP contribution is -2.21. The van der Waals surface area contributed by atoms with Crippen LogP contribution in [0, 0.1) is 10.1 Å². The number of benzene rings is 2. The molecule has 1 aromatic heterocycles. The highest BCUT2D eigenvalue weighted by molar-refractivity contribution is 7.86. The van der Waals surface area contributed by atoms with E-state index in [0.717, 1.165) is 0 Å². The van der Waals surface area contributed by atoms with Gasteiger partial charge in [-0.25, -0.2) is 8.42 Å². The van der Waals surface area contributed by atoms with Crippen molar-refractivity contribution in [1.82, 2.24) is 0 Å². The molecule has 14 heteroatoms. The van der Waals surface area contributed by atoms with E-state index in [-0.39, 0.29) is 15.3 Å². The van der Waals surface area contributed by atoms with Gasteiger partial charge in [0.1, 0.15) is 10.5 Å². The summed E-state index contributed by atoms with van der Waals surface area (Å²) in [4.78, 5) is 10.2. The standard InChI is InChI=1S/C15H9F3NO2S.CHF3O3S/c16-15(17,18)22-13-4-2-1-3-11(13)9-14(22)10-5-7-12(8-6-10)19(20)21;2-1(3,4)8(5,6)7/h1-9H;(H,5,6,7)/q+1;/p-1. The van der Waals surface area contributed by atoms with E-state index >= 15 is 0 Å². The van der Waals surface area contributed by atoms with Gasteiger partial charge >= 0.3 is 11.0 Å². The second kappa shape index (κ2) is 8.20. The number of nitrogens with zero attached hydrogens (tertiary/aromatic N) is 1. The van der Waals surface area contributed by atoms with E-state index in [1.165, 1.54) is 36.4 Å². The Morgan fingerprint density at radius 3 is 1.83 bits per heavy atom. The van der Waals surface area contributed by atoms with Crippen molar-refractivity contribution >= 4 is 36.4 Å². The van der Waals surface area contributed by atoms with Gasteiger partial charge in [-0.2, -0.15) is 13.2 Å². The summed E-state index contributed by atoms with van der Waals surface area (Å²) in [5, 5.41) is 11.2. The molecule has 3 aromatic rings. The number of nitro benzene ring substituents is 1. The fraction of sp³-hybridized carbons (Fsp3) is 0.125. The molecule has 1 unspecified atom stereocenters. The van der Waals surface area contributed by atoms with Crippen LogP contribution in [0.4, 0.5) is 32.0 Å². The lowest BCUT2D eigenvalue weighted by Gasteiger charge is -2.08. The highest BCUT2D eigenvalue weighted by Crippen LogP contribution is 2.54. The highest BCUT2D eigenvalue weighted by Gasteiger charge is 2.48. The van der Waals surface area contributed by atoms with Crippen LogP contribution < -0.4 is 0 Å². The van der Waals surface area contributed by atoms with Gasteiger partial charge in [-0.05, 0) is 24.3 Å². The Labute approximate surface area is 167 Å². The Hall–Kier alpha value is -2.71. The molecule has 162 valence electrons. The molecule has 0 fully saturated rings. The highest BCUT2D eigenvalue weighted by atomic mass is 32.2. The normalized spacial score (nSPS) is 13.0. The maximum atomic E-state index is 13.4. The van der Waals surface area contributed by atoms with Gasteiger partial charge in [0.2, 0.25) is 0 Å². The Bertz CT molecular complexity index is 1170. The summed E-state index contributed by atoms with van der Waals surface area (Å²) in [6.07, 6.45) is 0. The van der Waals surface area contributed by atoms with E-state index < -0.39 is 36.5 Å². The van der Waals surface area contributed by atoms with Crippen molar-refractivity contribution in [3.8, 4) is 10.4 Å². The van der Waals surface area contributed by atoms with Gasteiger partial charge < -0.3 is 4.55 Å². The molecular formula is C16H9F6NO5S2. The summed E-state index contributed by atoms with van der Waals surface area (Å²) in [5.41, 5.74) is -9.83. The fourth-order valence-electron chi connectivity index (χ4n) is 2.30. The summed E-state index contributed by atoms with van der Waals surface area (Å²) < 4.78 is 99.5. The van der Waals surface area contributed by atoms with E-state index in [2.05, 4.69) is 0 Å². The maximum Gasteiger partial charge on any atom is 0.601 e. The van der Waals surface area contributed by atoms with Crippen LogP contribution in [0.3, 0.4) is 0 Å². The van der Waals surface area contributed by atoms with Gasteiger partial charge in [0.05, 0.1) is 4.92 Å². The van der Waals surface area contributed by atoms with Crippen LogP contribution in [0.25, 0.3) is 20.5 Å². The van der Waals surface area contributed by atoms with Gasteiger partial charge in [0.25, 0.3) is 5.69 Å². The van der Waals surface area contributed by atoms with Crippen molar-refractivity contribution in [2.24, 2.45) is 0 Å². The predicted octanol–water partition coefficient (Wildman–Crippen LogP) is 5.69. The van der Waals surface area contributed by atoms with Crippen molar-refractivity contribution in [2.45, 2.75) is 11.0 Å². The average molecular weight is 473 g/mol. The van der Waals surface area contributed by atoms with Crippen LogP contribution in [0.2, 0.25) is 0 Å². The second-order valence-corrected chi connectivity index (χ2v) is 8.83. The number of nitro groups is 1. The predicted molar refractivity (Wildman–Crippen MR) is 95.6 cm³/mol. The smallest absolute Gasteiger partial charge is 0.601 e. The molecule has 2 aromatic carbocycles. The lowest BCUT2D eigenvalue weighted by atomic mass is 10.1. The molecule has 0 spiro atoms. The first kappa shape index (κ1) is 23.6. The maximum absolute atomic E-state index is 13.4. The molecule has 0 bridgehead atoms. The molecule has 0 saturated heterocycles. The molecule has 6 nitrogen and oxygen atoms in total. The van der Waals surface area contributed by atoms with E-state index in [4.69, 9.17) is 13.0 Å². The molecule has 30 heavy (non-hydrogen) atoms. The summed E-state index contributed by atoms with van der Waals surface area (Å²) in [6, 6.07) is 13.0. The van der Waals surface area contributed by atoms with Gasteiger partial charge in [-0.15, -0.1) is 13.2 Å². The Morgan fingerprint density at radius 1 is 0.900 bits per heavy atom. The zero-order valence-electron chi connectivity index (χ0n) is 14.3. The summed E-state index contributed by atoms with van der Waals surface area (Å²) in [5.74, 6) is 0. The van der Waals surface area contributed by atoms with Crippen LogP contribution in [-0.2, 0) is 15.6 Å². The molecule has 0 amide bonds. The molecule has 0 aliphatic carbocycles. The van der Waals surface area contributed by atoms with Crippen LogP contribution in [0.1, 0.15) is 0 Å². The van der Waals surface area contributed by atoms with Crippen LogP contribution in [0.15, 0.2) is 54.6 Å². The van der Waals surface area contributed by atoms with E-state index in [1.54, 1.807) is 18.2 Å². The quantitative estimate of drug-likeness (QED) is 0.119. The number of fused-ring (bicyclic) bond motifs is 1. The Morgan fingerprint density at radius 2 is 1.40 bits per heavy atom. The van der Waals surface area contributed by atoms with Gasteiger partial charge in [0, 0.05) is 29.1 Å². The third-order valence-electron chi connectivity index (χ3n) is 3.52. The molecule has 0 saturated carbocycles. The van der Waals surface area contributed by atoms with Crippen LogP contribution in [-0.4, -0.2) is 23.4 Å². The van der Waals surface area contributed by atoms with E-state index in [9.17, 15) is 36.5 Å². The number of non-ortho nitro benzene ring substituents is 1. The molecule has 3 rings (SSSR count). The van der Waals surface area contributed by atoms with E-state index in [0.29, 0.717) is 10.9 Å². The monoisotopic (exact) mass is 473 g/mol. The minimum absolute atomic E-state index is 0.142. The first-order valence-corrected chi connectivity index (χ1v) is 10.1. The second-order valence-electron chi connectivity index (χ2n) is 5.50. The molecule has 1 atom stereocenters. The number of rotatable bonds is 2. The number of hydrogen-bond acceptors (Lipinski definition) is 5. The number of alkyl halides is 6. The number of thiophene rings is 1. The molecule has 0 aliphatic rings. The largest absolute Gasteiger partial charge is 0.741 e. The third kappa shape index (κ3) is 5.25. The average Bonchev–Trinajstić information content (AvgIpc) is 3.00.